The highest BCUT2D eigenvalue weighted by atomic mass is 32.2. The summed E-state index contributed by atoms with van der Waals surface area (Å²) in [7, 11) is -3.74. The molecule has 13 heavy (non-hydrogen) atoms. The Hall–Kier alpha value is -0.840. The van der Waals surface area contributed by atoms with Crippen LogP contribution in [0, 0.1) is 6.92 Å². The fourth-order valence-electron chi connectivity index (χ4n) is 0.507. The minimum Gasteiger partial charge on any atom is -0.342 e. The first-order valence-corrected chi connectivity index (χ1v) is 5.38. The van der Waals surface area contributed by atoms with Crippen molar-refractivity contribution < 1.29 is 17.4 Å². The molecule has 0 bridgehead atoms. The molecule has 4 nitrogen and oxygen atoms in total. The molecule has 0 aromatic rings. The van der Waals surface area contributed by atoms with E-state index in [1.54, 1.807) is 0 Å². The zero-order valence-electron chi connectivity index (χ0n) is 7.58. The van der Waals surface area contributed by atoms with Crippen LogP contribution in [-0.2, 0) is 19.1 Å². The number of hydrogen-bond acceptors (Lipinski definition) is 4. The molecule has 0 aliphatic rings. The van der Waals surface area contributed by atoms with Crippen LogP contribution in [0.4, 0.5) is 0 Å². The van der Waals surface area contributed by atoms with Gasteiger partial charge in [0, 0.05) is 5.57 Å². The van der Waals surface area contributed by atoms with E-state index in [1.165, 1.54) is 6.92 Å². The Morgan fingerprint density at radius 3 is 2.38 bits per heavy atom. The predicted molar refractivity (Wildman–Crippen MR) is 49.3 cm³/mol. The molecular formula is C8H13O4S. The summed E-state index contributed by atoms with van der Waals surface area (Å²) in [4.78, 5) is 10.8. The molecule has 0 unspecified atom stereocenters. The van der Waals surface area contributed by atoms with E-state index in [9.17, 15) is 13.2 Å². The van der Waals surface area contributed by atoms with Gasteiger partial charge < -0.3 is 4.18 Å². The minimum atomic E-state index is -3.74. The van der Waals surface area contributed by atoms with Gasteiger partial charge in [0.05, 0.1) is 5.75 Å². The second-order valence-corrected chi connectivity index (χ2v) is 4.31. The van der Waals surface area contributed by atoms with Gasteiger partial charge >= 0.3 is 16.1 Å². The molecule has 0 aliphatic carbocycles. The predicted octanol–water partition coefficient (Wildman–Crippen LogP) is 1.05. The molecule has 0 fully saturated rings. The Labute approximate surface area is 78.7 Å². The summed E-state index contributed by atoms with van der Waals surface area (Å²) in [5, 5.41) is 0. The second kappa shape index (κ2) is 5.01. The van der Waals surface area contributed by atoms with E-state index in [0.29, 0.717) is 12.8 Å². The molecule has 0 saturated heterocycles. The van der Waals surface area contributed by atoms with Crippen molar-refractivity contribution in [2.45, 2.75) is 19.8 Å². The maximum absolute atomic E-state index is 11.0. The van der Waals surface area contributed by atoms with Crippen LogP contribution in [0.5, 0.6) is 0 Å². The molecule has 0 rings (SSSR count). The Kier molecular flexibility index (Phi) is 4.69. The van der Waals surface area contributed by atoms with Crippen molar-refractivity contribution in [1.82, 2.24) is 0 Å². The van der Waals surface area contributed by atoms with E-state index in [1.807, 2.05) is 0 Å². The Morgan fingerprint density at radius 1 is 1.46 bits per heavy atom. The smallest absolute Gasteiger partial charge is 0.342 e. The molecule has 75 valence electrons. The fraction of sp³-hybridized carbons (Fsp3) is 0.500. The zero-order chi connectivity index (χ0) is 10.5. The van der Waals surface area contributed by atoms with Gasteiger partial charge in [-0.3, -0.25) is 0 Å². The molecule has 0 saturated carbocycles. The molecule has 0 aliphatic heterocycles. The van der Waals surface area contributed by atoms with Crippen LogP contribution in [0.3, 0.4) is 0 Å². The normalized spacial score (nSPS) is 10.9. The van der Waals surface area contributed by atoms with Crippen molar-refractivity contribution >= 4 is 16.1 Å². The average Bonchev–Trinajstić information content (AvgIpc) is 2.00. The summed E-state index contributed by atoms with van der Waals surface area (Å²) in [6.45, 7) is 8.14. The summed E-state index contributed by atoms with van der Waals surface area (Å²) in [6.07, 6.45) is 0.871. The number of carbonyl (C=O) groups is 1. The van der Waals surface area contributed by atoms with Crippen molar-refractivity contribution in [3.05, 3.63) is 19.1 Å². The van der Waals surface area contributed by atoms with Crippen molar-refractivity contribution in [2.75, 3.05) is 5.75 Å². The molecule has 0 atom stereocenters. The van der Waals surface area contributed by atoms with E-state index in [4.69, 9.17) is 0 Å². The van der Waals surface area contributed by atoms with E-state index in [-0.39, 0.29) is 11.3 Å². The summed E-state index contributed by atoms with van der Waals surface area (Å²) >= 11 is 0. The maximum atomic E-state index is 11.0. The third kappa shape index (κ3) is 5.41. The summed E-state index contributed by atoms with van der Waals surface area (Å²) < 4.78 is 26.2. The van der Waals surface area contributed by atoms with Gasteiger partial charge in [-0.05, 0) is 13.3 Å². The van der Waals surface area contributed by atoms with Crippen LogP contribution in [-0.4, -0.2) is 20.1 Å². The van der Waals surface area contributed by atoms with Crippen LogP contribution < -0.4 is 0 Å². The van der Waals surface area contributed by atoms with Gasteiger partial charge in [-0.25, -0.2) is 4.79 Å². The Bertz CT molecular complexity index is 289. The lowest BCUT2D eigenvalue weighted by molar-refractivity contribution is -0.129. The first-order valence-electron chi connectivity index (χ1n) is 3.80. The second-order valence-electron chi connectivity index (χ2n) is 2.62. The Morgan fingerprint density at radius 2 is 2.00 bits per heavy atom. The molecule has 0 heterocycles. The van der Waals surface area contributed by atoms with Crippen molar-refractivity contribution in [3.8, 4) is 0 Å². The highest BCUT2D eigenvalue weighted by molar-refractivity contribution is 7.87. The topological polar surface area (TPSA) is 60.4 Å². The third-order valence-corrected chi connectivity index (χ3v) is 2.39. The summed E-state index contributed by atoms with van der Waals surface area (Å²) in [6, 6.07) is 0. The third-order valence-electron chi connectivity index (χ3n) is 1.20. The lowest BCUT2D eigenvalue weighted by atomic mass is 10.4. The molecule has 0 amide bonds. The van der Waals surface area contributed by atoms with Crippen molar-refractivity contribution in [1.29, 1.82) is 0 Å². The van der Waals surface area contributed by atoms with Crippen LogP contribution in [0.2, 0.25) is 0 Å². The first kappa shape index (κ1) is 12.2. The Balaban J connectivity index is 4.18. The maximum Gasteiger partial charge on any atom is 0.348 e. The standard InChI is InChI=1S/C8H13O4S/c1-4-5-6-13(10,11)12-8(9)7(2)3/h1-2,4-6H2,3H3. The van der Waals surface area contributed by atoms with Crippen LogP contribution >= 0.6 is 0 Å². The van der Waals surface area contributed by atoms with Crippen LogP contribution in [0.25, 0.3) is 0 Å². The highest BCUT2D eigenvalue weighted by Crippen LogP contribution is 2.02. The monoisotopic (exact) mass is 205 g/mol. The number of rotatable bonds is 5. The largest absolute Gasteiger partial charge is 0.348 e. The lowest BCUT2D eigenvalue weighted by Gasteiger charge is -2.03. The molecule has 0 N–H and O–H groups in total. The molecule has 1 radical (unpaired) electrons. The quantitative estimate of drug-likeness (QED) is 0.497. The van der Waals surface area contributed by atoms with Gasteiger partial charge in [0.15, 0.2) is 0 Å². The number of hydrogen-bond donors (Lipinski definition) is 0. The summed E-state index contributed by atoms with van der Waals surface area (Å²) in [5.41, 5.74) is 0.0678. The van der Waals surface area contributed by atoms with Crippen LogP contribution in [0.1, 0.15) is 19.8 Å². The SMILES string of the molecule is [CH2]CCCS(=O)(=O)OC(=O)C(=C)C. The van der Waals surface area contributed by atoms with Gasteiger partial charge in [0.1, 0.15) is 0 Å². The average molecular weight is 205 g/mol. The van der Waals surface area contributed by atoms with E-state index < -0.39 is 16.1 Å². The van der Waals surface area contributed by atoms with Gasteiger partial charge in [-0.1, -0.05) is 19.9 Å². The first-order chi connectivity index (χ1) is 5.89. The van der Waals surface area contributed by atoms with E-state index in [2.05, 4.69) is 17.7 Å². The molecule has 0 aromatic carbocycles. The van der Waals surface area contributed by atoms with Gasteiger partial charge in [0.2, 0.25) is 0 Å². The van der Waals surface area contributed by atoms with Gasteiger partial charge in [-0.15, -0.1) is 0 Å². The molecule has 5 heteroatoms. The molecule has 0 aromatic heterocycles. The number of carbonyl (C=O) groups excluding carboxylic acids is 1. The van der Waals surface area contributed by atoms with Gasteiger partial charge in [0.25, 0.3) is 0 Å². The summed E-state index contributed by atoms with van der Waals surface area (Å²) in [5.74, 6) is -1.08. The van der Waals surface area contributed by atoms with Crippen LogP contribution in [0.15, 0.2) is 12.2 Å². The highest BCUT2D eigenvalue weighted by Gasteiger charge is 2.16. The minimum absolute atomic E-state index is 0.0678. The zero-order valence-corrected chi connectivity index (χ0v) is 8.39. The van der Waals surface area contributed by atoms with Gasteiger partial charge in [-0.2, -0.15) is 8.42 Å². The lowest BCUT2D eigenvalue weighted by Crippen LogP contribution is -2.16. The number of unbranched alkanes of at least 4 members (excludes halogenated alkanes) is 1. The van der Waals surface area contributed by atoms with E-state index >= 15 is 0 Å². The van der Waals surface area contributed by atoms with E-state index in [0.717, 1.165) is 0 Å². The van der Waals surface area contributed by atoms with Crippen molar-refractivity contribution in [3.63, 3.8) is 0 Å². The molecular weight excluding hydrogens is 192 g/mol. The fourth-order valence-corrected chi connectivity index (χ4v) is 1.52. The molecule has 0 spiro atoms. The van der Waals surface area contributed by atoms with Crippen molar-refractivity contribution in [2.24, 2.45) is 0 Å².